The molecule has 37 heavy (non-hydrogen) atoms. The van der Waals surface area contributed by atoms with E-state index in [0.29, 0.717) is 27.1 Å². The molecule has 5 fully saturated rings. The first kappa shape index (κ1) is 25.1. The van der Waals surface area contributed by atoms with Crippen LogP contribution in [0.1, 0.15) is 104 Å². The van der Waals surface area contributed by atoms with E-state index in [1.165, 1.54) is 72.3 Å². The molecule has 0 saturated heterocycles. The van der Waals surface area contributed by atoms with Gasteiger partial charge in [0, 0.05) is 14.4 Å². The van der Waals surface area contributed by atoms with Gasteiger partial charge in [-0.25, -0.2) is 0 Å². The Hall–Kier alpha value is -0.860. The van der Waals surface area contributed by atoms with E-state index in [1.807, 2.05) is 0 Å². The van der Waals surface area contributed by atoms with Crippen LogP contribution in [0.4, 0.5) is 0 Å². The molecule has 2 heteroatoms. The quantitative estimate of drug-likeness (QED) is 0.299. The average molecular weight is 623 g/mol. The highest BCUT2D eigenvalue weighted by Gasteiger charge is 2.74. The lowest BCUT2D eigenvalue weighted by molar-refractivity contribution is -0.210. The summed E-state index contributed by atoms with van der Waals surface area (Å²) in [6.45, 7) is 13.0. The molecular formula is C35H42Br2. The maximum atomic E-state index is 3.72. The molecule has 6 aliphatic carbocycles. The topological polar surface area (TPSA) is 0 Å². The van der Waals surface area contributed by atoms with Gasteiger partial charge in [0.05, 0.1) is 0 Å². The number of benzene rings is 2. The van der Waals surface area contributed by atoms with Crippen molar-refractivity contribution in [2.24, 2.45) is 27.1 Å². The molecule has 0 aromatic heterocycles. The van der Waals surface area contributed by atoms with Crippen LogP contribution in [0.15, 0.2) is 69.1 Å². The molecular weight excluding hydrogens is 580 g/mol. The SMILES string of the molecule is CC1=CC2(c3ccc(Br)cc3)CC(C34CC5(C)CC(C)(CC(c6ccc(Br)cc6)(C5)C3)C4)(C1)CC2(C)C. The molecule has 6 aliphatic rings. The minimum absolute atomic E-state index is 0.131. The Labute approximate surface area is 241 Å². The van der Waals surface area contributed by atoms with Crippen molar-refractivity contribution >= 4 is 31.9 Å². The van der Waals surface area contributed by atoms with Crippen LogP contribution < -0.4 is 0 Å². The maximum Gasteiger partial charge on any atom is 0.0191 e. The number of fused-ring (bicyclic) bond motifs is 2. The zero-order valence-corrected chi connectivity index (χ0v) is 26.5. The van der Waals surface area contributed by atoms with Crippen LogP contribution in [-0.2, 0) is 10.8 Å². The summed E-state index contributed by atoms with van der Waals surface area (Å²) in [5.74, 6) is 0. The Kier molecular flexibility index (Phi) is 5.06. The molecule has 0 aliphatic heterocycles. The summed E-state index contributed by atoms with van der Waals surface area (Å²) < 4.78 is 2.39. The van der Waals surface area contributed by atoms with Crippen LogP contribution >= 0.6 is 31.9 Å². The highest BCUT2D eigenvalue weighted by Crippen LogP contribution is 2.83. The zero-order chi connectivity index (χ0) is 26.1. The summed E-state index contributed by atoms with van der Waals surface area (Å²) >= 11 is 7.42. The molecule has 0 spiro atoms. The van der Waals surface area contributed by atoms with E-state index in [4.69, 9.17) is 0 Å². The van der Waals surface area contributed by atoms with E-state index in [9.17, 15) is 0 Å². The Balaban J connectivity index is 1.41. The Morgan fingerprint density at radius 1 is 0.568 bits per heavy atom. The molecule has 6 bridgehead atoms. The fourth-order valence-corrected chi connectivity index (χ4v) is 13.0. The highest BCUT2D eigenvalue weighted by atomic mass is 79.9. The molecule has 0 amide bonds. The number of rotatable bonds is 3. The molecule has 2 aromatic rings. The van der Waals surface area contributed by atoms with Gasteiger partial charge < -0.3 is 0 Å². The first-order valence-corrected chi connectivity index (χ1v) is 16.0. The van der Waals surface area contributed by atoms with Crippen molar-refractivity contribution in [1.82, 2.24) is 0 Å². The van der Waals surface area contributed by atoms with E-state index < -0.39 is 0 Å². The van der Waals surface area contributed by atoms with Gasteiger partial charge in [-0.15, -0.1) is 0 Å². The predicted molar refractivity (Wildman–Crippen MR) is 162 cm³/mol. The van der Waals surface area contributed by atoms with E-state index in [0.717, 1.165) is 0 Å². The van der Waals surface area contributed by atoms with Crippen molar-refractivity contribution in [3.05, 3.63) is 80.3 Å². The van der Waals surface area contributed by atoms with Crippen LogP contribution in [-0.4, -0.2) is 0 Å². The standard InChI is InChI=1S/C35H42Br2/c1-24-14-33(16-29(2,3)35(15-24,23-33)26-8-12-28(37)13-9-26)34-20-30(4)17-31(5,21-34)19-32(18-30,22-34)25-6-10-27(36)11-7-25/h6-13,15H,14,16-23H2,1-5H3. The van der Waals surface area contributed by atoms with Crippen LogP contribution in [0.5, 0.6) is 0 Å². The van der Waals surface area contributed by atoms with Gasteiger partial charge in [0.15, 0.2) is 0 Å². The lowest BCUT2D eigenvalue weighted by Gasteiger charge is -2.74. The van der Waals surface area contributed by atoms with Gasteiger partial charge in [-0.2, -0.15) is 0 Å². The van der Waals surface area contributed by atoms with E-state index in [2.05, 4.69) is 121 Å². The van der Waals surface area contributed by atoms with Crippen molar-refractivity contribution in [3.63, 3.8) is 0 Å². The third-order valence-electron chi connectivity index (χ3n) is 12.2. The molecule has 0 radical (unpaired) electrons. The van der Waals surface area contributed by atoms with E-state index >= 15 is 0 Å². The molecule has 2 aromatic carbocycles. The monoisotopic (exact) mass is 620 g/mol. The normalized spacial score (nSPS) is 45.2. The summed E-state index contributed by atoms with van der Waals surface area (Å²) in [5, 5.41) is 0. The number of hydrogen-bond acceptors (Lipinski definition) is 0. The molecule has 8 rings (SSSR count). The summed E-state index contributed by atoms with van der Waals surface area (Å²) in [5.41, 5.74) is 7.20. The van der Waals surface area contributed by atoms with E-state index in [1.54, 1.807) is 11.1 Å². The predicted octanol–water partition coefficient (Wildman–Crippen LogP) is 10.9. The fourth-order valence-electron chi connectivity index (χ4n) is 12.5. The largest absolute Gasteiger partial charge is 0.0758 e. The van der Waals surface area contributed by atoms with Gasteiger partial charge in [0.2, 0.25) is 0 Å². The average Bonchev–Trinajstić information content (AvgIpc) is 2.94. The Morgan fingerprint density at radius 2 is 1.11 bits per heavy atom. The van der Waals surface area contributed by atoms with Crippen LogP contribution in [0.2, 0.25) is 0 Å². The third kappa shape index (κ3) is 3.36. The second kappa shape index (κ2) is 7.45. The lowest BCUT2D eigenvalue weighted by Crippen LogP contribution is -2.65. The second-order valence-corrected chi connectivity index (χ2v) is 17.7. The van der Waals surface area contributed by atoms with E-state index in [-0.39, 0.29) is 10.8 Å². The summed E-state index contributed by atoms with van der Waals surface area (Å²) in [7, 11) is 0. The molecule has 5 saturated carbocycles. The summed E-state index contributed by atoms with van der Waals surface area (Å²) in [4.78, 5) is 0. The molecule has 4 atom stereocenters. The third-order valence-corrected chi connectivity index (χ3v) is 13.3. The second-order valence-electron chi connectivity index (χ2n) is 15.9. The number of allylic oxidation sites excluding steroid dienone is 2. The maximum absolute atomic E-state index is 3.72. The minimum atomic E-state index is 0.131. The van der Waals surface area contributed by atoms with Crippen molar-refractivity contribution < 1.29 is 0 Å². The minimum Gasteiger partial charge on any atom is -0.0758 e. The zero-order valence-electron chi connectivity index (χ0n) is 23.3. The smallest absolute Gasteiger partial charge is 0.0191 e. The molecule has 0 N–H and O–H groups in total. The first-order chi connectivity index (χ1) is 17.3. The van der Waals surface area contributed by atoms with Crippen molar-refractivity contribution in [2.75, 3.05) is 0 Å². The van der Waals surface area contributed by atoms with Gasteiger partial charge in [0.1, 0.15) is 0 Å². The van der Waals surface area contributed by atoms with Crippen LogP contribution in [0.25, 0.3) is 0 Å². The van der Waals surface area contributed by atoms with Gasteiger partial charge >= 0.3 is 0 Å². The Morgan fingerprint density at radius 3 is 1.68 bits per heavy atom. The van der Waals surface area contributed by atoms with Crippen LogP contribution in [0.3, 0.4) is 0 Å². The first-order valence-electron chi connectivity index (χ1n) is 14.5. The van der Waals surface area contributed by atoms with Crippen molar-refractivity contribution in [3.8, 4) is 0 Å². The van der Waals surface area contributed by atoms with Gasteiger partial charge in [0.25, 0.3) is 0 Å². The van der Waals surface area contributed by atoms with Crippen LogP contribution in [0, 0.1) is 27.1 Å². The van der Waals surface area contributed by atoms with Gasteiger partial charge in [-0.3, -0.25) is 0 Å². The Bertz CT molecular complexity index is 1280. The number of halogens is 2. The molecule has 4 unspecified atom stereocenters. The number of hydrogen-bond donors (Lipinski definition) is 0. The highest BCUT2D eigenvalue weighted by molar-refractivity contribution is 9.10. The molecule has 0 nitrogen and oxygen atoms in total. The van der Waals surface area contributed by atoms with Crippen molar-refractivity contribution in [1.29, 1.82) is 0 Å². The molecule has 0 heterocycles. The van der Waals surface area contributed by atoms with Crippen molar-refractivity contribution in [2.45, 2.75) is 103 Å². The molecule has 196 valence electrons. The lowest BCUT2D eigenvalue weighted by atomic mass is 9.30. The summed E-state index contributed by atoms with van der Waals surface area (Å²) in [6, 6.07) is 18.9. The summed E-state index contributed by atoms with van der Waals surface area (Å²) in [6.07, 6.45) is 15.2. The fraction of sp³-hybridized carbons (Fsp3) is 0.600. The van der Waals surface area contributed by atoms with Gasteiger partial charge in [-0.05, 0) is 133 Å². The van der Waals surface area contributed by atoms with Gasteiger partial charge in [-0.1, -0.05) is 95.5 Å².